The lowest BCUT2D eigenvalue weighted by Gasteiger charge is -2.32. The fourth-order valence-electron chi connectivity index (χ4n) is 3.66. The van der Waals surface area contributed by atoms with Gasteiger partial charge in [0.15, 0.2) is 0 Å². The van der Waals surface area contributed by atoms with Crippen LogP contribution in [0.1, 0.15) is 76.1 Å². The molecule has 2 unspecified atom stereocenters. The highest BCUT2D eigenvalue weighted by Gasteiger charge is 2.37. The minimum Gasteiger partial charge on any atom is -0.438 e. The average molecular weight is 518 g/mol. The molecule has 9 nitrogen and oxygen atoms in total. The number of carbonyl (C=O) groups excluding carboxylic acids is 1. The molecule has 0 radical (unpaired) electrons. The van der Waals surface area contributed by atoms with Crippen molar-refractivity contribution in [3.63, 3.8) is 0 Å². The van der Waals surface area contributed by atoms with Crippen molar-refractivity contribution in [2.24, 2.45) is 5.73 Å². The smallest absolute Gasteiger partial charge is 0.438 e. The van der Waals surface area contributed by atoms with Gasteiger partial charge < -0.3 is 20.3 Å². The van der Waals surface area contributed by atoms with Crippen molar-refractivity contribution in [2.45, 2.75) is 76.7 Å². The Morgan fingerprint density at radius 3 is 2.65 bits per heavy atom. The molecule has 0 amide bonds. The van der Waals surface area contributed by atoms with Crippen molar-refractivity contribution in [3.8, 4) is 11.3 Å². The van der Waals surface area contributed by atoms with E-state index in [9.17, 15) is 13.8 Å². The van der Waals surface area contributed by atoms with Gasteiger partial charge in [0.05, 0.1) is 6.42 Å². The summed E-state index contributed by atoms with van der Waals surface area (Å²) in [4.78, 5) is 38.3. The number of pyridine rings is 1. The fraction of sp³-hybridized carbons (Fsp3) is 0.591. The lowest BCUT2D eigenvalue weighted by Crippen LogP contribution is -2.45. The van der Waals surface area contributed by atoms with Crippen LogP contribution in [-0.4, -0.2) is 38.1 Å². The van der Waals surface area contributed by atoms with Crippen LogP contribution in [0.3, 0.4) is 0 Å². The second-order valence-corrected chi connectivity index (χ2v) is 10.7. The molecule has 34 heavy (non-hydrogen) atoms. The molecule has 2 rings (SSSR count). The number of rotatable bonds is 15. The van der Waals surface area contributed by atoms with E-state index in [0.29, 0.717) is 17.0 Å². The number of aromatic nitrogens is 2. The Bertz CT molecular complexity index is 953. The summed E-state index contributed by atoms with van der Waals surface area (Å²) in [5.74, 6) is -1.21. The Hall–Kier alpha value is -1.75. The molecule has 190 valence electrons. The van der Waals surface area contributed by atoms with Crippen molar-refractivity contribution < 1.29 is 32.8 Å². The third-order valence-corrected chi connectivity index (χ3v) is 6.84. The second kappa shape index (κ2) is 13.4. The number of esters is 1. The van der Waals surface area contributed by atoms with Crippen LogP contribution in [-0.2, 0) is 18.6 Å². The molecule has 0 aliphatic rings. The first-order chi connectivity index (χ1) is 16.0. The van der Waals surface area contributed by atoms with Crippen molar-refractivity contribution in [3.05, 3.63) is 34.7 Å². The highest BCUT2D eigenvalue weighted by Crippen LogP contribution is 2.39. The van der Waals surface area contributed by atoms with Gasteiger partial charge in [0.1, 0.15) is 10.7 Å². The molecule has 0 saturated heterocycles. The molecule has 2 atom stereocenters. The Morgan fingerprint density at radius 1 is 1.29 bits per heavy atom. The topological polar surface area (TPSA) is 145 Å². The molecule has 0 aliphatic carbocycles. The zero-order valence-corrected chi connectivity index (χ0v) is 21.2. The minimum absolute atomic E-state index is 0.189. The van der Waals surface area contributed by atoms with Crippen LogP contribution in [0.15, 0.2) is 24.5 Å². The van der Waals surface area contributed by atoms with E-state index in [1.165, 1.54) is 12.6 Å². The molecule has 4 N–H and O–H groups in total. The summed E-state index contributed by atoms with van der Waals surface area (Å²) in [6, 6.07) is 3.42. The summed E-state index contributed by atoms with van der Waals surface area (Å²) in [5.41, 5.74) is 6.15. The number of phosphoric ester groups is 1. The first-order valence-electron chi connectivity index (χ1n) is 11.2. The lowest BCUT2D eigenvalue weighted by atomic mass is 9.80. The highest BCUT2D eigenvalue weighted by atomic mass is 32.1. The molecule has 0 fully saturated rings. The number of hydrogen-bond acceptors (Lipinski definition) is 8. The quantitative estimate of drug-likeness (QED) is 0.130. The summed E-state index contributed by atoms with van der Waals surface area (Å²) in [5, 5.41) is 0.0264. The van der Waals surface area contributed by atoms with Gasteiger partial charge in [0.2, 0.25) is 11.9 Å². The highest BCUT2D eigenvalue weighted by molar-refractivity contribution is 7.46. The number of thiazole rings is 1. The van der Waals surface area contributed by atoms with Gasteiger partial charge >= 0.3 is 13.8 Å². The monoisotopic (exact) mass is 517 g/mol. The number of carbonyl (C=O) groups is 1. The number of halogens is 1. The number of hydrogen-bond donors (Lipinski definition) is 3. The maximum Gasteiger partial charge on any atom is 0.472 e. The van der Waals surface area contributed by atoms with E-state index in [1.54, 1.807) is 25.3 Å². The van der Waals surface area contributed by atoms with Gasteiger partial charge in [-0.2, -0.15) is 4.39 Å². The van der Waals surface area contributed by atoms with Gasteiger partial charge in [-0.25, -0.2) is 14.1 Å². The minimum atomic E-state index is -4.76. The van der Waals surface area contributed by atoms with Crippen LogP contribution >= 0.6 is 19.2 Å². The number of nitrogens with two attached hydrogens (primary N) is 1. The molecule has 0 bridgehead atoms. The van der Waals surface area contributed by atoms with Crippen molar-refractivity contribution in [1.29, 1.82) is 0 Å². The SMILES string of the molecule is CCCCCCCCC(c1nc(-c2cccnc2)c(F)s1)C(C)(N)CC(=O)OCOP(=O)(O)O. The second-order valence-electron chi connectivity index (χ2n) is 8.46. The van der Waals surface area contributed by atoms with Gasteiger partial charge in [-0.15, -0.1) is 0 Å². The van der Waals surface area contributed by atoms with Crippen molar-refractivity contribution in [1.82, 2.24) is 9.97 Å². The first kappa shape index (κ1) is 28.5. The van der Waals surface area contributed by atoms with Crippen LogP contribution in [0.5, 0.6) is 0 Å². The molecule has 2 aromatic heterocycles. The Balaban J connectivity index is 2.16. The molecule has 12 heteroatoms. The maximum atomic E-state index is 14.8. The molecule has 2 heterocycles. The number of unbranched alkanes of at least 4 members (excludes halogenated alkanes) is 5. The molecular formula is C22H33FN3O6PS. The van der Waals surface area contributed by atoms with Gasteiger partial charge in [-0.05, 0) is 25.5 Å². The summed E-state index contributed by atoms with van der Waals surface area (Å²) in [6.45, 7) is 2.93. The van der Waals surface area contributed by atoms with Crippen molar-refractivity contribution in [2.75, 3.05) is 6.79 Å². The third kappa shape index (κ3) is 9.48. The summed E-state index contributed by atoms with van der Waals surface area (Å²) in [7, 11) is -4.76. The Morgan fingerprint density at radius 2 is 2.00 bits per heavy atom. The zero-order valence-electron chi connectivity index (χ0n) is 19.5. The molecule has 0 aromatic carbocycles. The van der Waals surface area contributed by atoms with Gasteiger partial charge in [0.25, 0.3) is 0 Å². The maximum absolute atomic E-state index is 14.8. The molecule has 2 aromatic rings. The number of nitrogens with zero attached hydrogens (tertiary/aromatic N) is 2. The zero-order chi connectivity index (χ0) is 25.2. The van der Waals surface area contributed by atoms with Crippen LogP contribution in [0.4, 0.5) is 4.39 Å². The average Bonchev–Trinajstić information content (AvgIpc) is 3.13. The van der Waals surface area contributed by atoms with E-state index in [1.807, 2.05) is 0 Å². The largest absolute Gasteiger partial charge is 0.472 e. The molecule has 0 aliphatic heterocycles. The van der Waals surface area contributed by atoms with Gasteiger partial charge in [-0.1, -0.05) is 56.8 Å². The Kier molecular flexibility index (Phi) is 11.2. The number of phosphoric acid groups is 1. The van der Waals surface area contributed by atoms with E-state index in [-0.39, 0.29) is 12.1 Å². The van der Waals surface area contributed by atoms with E-state index in [4.69, 9.17) is 20.3 Å². The molecule has 0 saturated carbocycles. The van der Waals surface area contributed by atoms with E-state index in [0.717, 1.165) is 43.4 Å². The summed E-state index contributed by atoms with van der Waals surface area (Å²) in [6.07, 6.45) is 9.82. The van der Waals surface area contributed by atoms with Crippen molar-refractivity contribution >= 4 is 25.1 Å². The lowest BCUT2D eigenvalue weighted by molar-refractivity contribution is -0.152. The normalized spacial score (nSPS) is 14.5. The predicted molar refractivity (Wildman–Crippen MR) is 127 cm³/mol. The molecule has 0 spiro atoms. The summed E-state index contributed by atoms with van der Waals surface area (Å²) < 4.78 is 34.5. The number of ether oxygens (including phenoxy) is 1. The molecular weight excluding hydrogens is 484 g/mol. The van der Waals surface area contributed by atoms with Crippen LogP contribution in [0.25, 0.3) is 11.3 Å². The summed E-state index contributed by atoms with van der Waals surface area (Å²) >= 11 is 0.899. The fourth-order valence-corrected chi connectivity index (χ4v) is 4.96. The van der Waals surface area contributed by atoms with E-state index < -0.39 is 37.2 Å². The first-order valence-corrected chi connectivity index (χ1v) is 13.6. The predicted octanol–water partition coefficient (Wildman–Crippen LogP) is 4.90. The Labute approximate surface area is 203 Å². The van der Waals surface area contributed by atoms with E-state index >= 15 is 0 Å². The van der Waals surface area contributed by atoms with Gasteiger partial charge in [-0.3, -0.25) is 9.78 Å². The van der Waals surface area contributed by atoms with Gasteiger partial charge in [0, 0.05) is 29.4 Å². The van der Waals surface area contributed by atoms with E-state index in [2.05, 4.69) is 21.4 Å². The standard InChI is InChI=1S/C22H33FN3O6PS/c1-3-4-5-6-7-8-11-17(22(2,24)13-18(27)31-15-32-33(28,29)30)21-26-19(20(23)34-21)16-10-9-12-25-14-16/h9-10,12,14,17H,3-8,11,13,15,24H2,1-2H3,(H2,28,29,30). The van der Waals surface area contributed by atoms with Crippen LogP contribution in [0, 0.1) is 5.13 Å². The van der Waals surface area contributed by atoms with Crippen LogP contribution < -0.4 is 5.73 Å². The van der Waals surface area contributed by atoms with Crippen LogP contribution in [0.2, 0.25) is 0 Å². The third-order valence-electron chi connectivity index (χ3n) is 5.44.